The fourth-order valence-electron chi connectivity index (χ4n) is 3.16. The predicted octanol–water partition coefficient (Wildman–Crippen LogP) is 4.09. The predicted molar refractivity (Wildman–Crippen MR) is 97.0 cm³/mol. The number of nitrogens with two attached hydrogens (primary N) is 1. The Balaban J connectivity index is 2.12. The molecule has 0 spiro atoms. The van der Waals surface area contributed by atoms with Crippen molar-refractivity contribution in [1.29, 1.82) is 0 Å². The largest absolute Gasteiger partial charge is 0.452 e. The molecule has 2 unspecified atom stereocenters. The molecule has 0 aliphatic carbocycles. The van der Waals surface area contributed by atoms with Crippen LogP contribution >= 0.6 is 0 Å². The van der Waals surface area contributed by atoms with Gasteiger partial charge in [-0.3, -0.25) is 4.98 Å². The number of aliphatic imine (C=N–C) groups is 1. The second kappa shape index (κ2) is 7.70. The highest BCUT2D eigenvalue weighted by Gasteiger charge is 2.52. The lowest BCUT2D eigenvalue weighted by Crippen LogP contribution is -2.48. The van der Waals surface area contributed by atoms with Crippen LogP contribution in [0.2, 0.25) is 0 Å². The Bertz CT molecular complexity index is 1010. The number of hydrogen-bond donors (Lipinski definition) is 1. The quantitative estimate of drug-likeness (QED) is 0.614. The van der Waals surface area contributed by atoms with Gasteiger partial charge in [0.2, 0.25) is 0 Å². The molecule has 1 aromatic heterocycles. The average molecular weight is 409 g/mol. The van der Waals surface area contributed by atoms with E-state index >= 15 is 0 Å². The normalized spacial score (nSPS) is 21.6. The number of pyridine rings is 1. The van der Waals surface area contributed by atoms with Gasteiger partial charge in [-0.1, -0.05) is 12.0 Å². The third kappa shape index (κ3) is 4.16. The zero-order chi connectivity index (χ0) is 21.2. The van der Waals surface area contributed by atoms with Crippen molar-refractivity contribution in [3.8, 4) is 23.0 Å². The van der Waals surface area contributed by atoms with Crippen molar-refractivity contribution in [3.63, 3.8) is 0 Å². The Hall–Kier alpha value is -3.15. The molecular formula is C20H16F5N3O. The SMILES string of the molecule is CC#Cc1cncc(-c2ccc(F)c(C3(CF)CC(C(F)(F)F)OC(N)=N3)c2)c1. The second-order valence-corrected chi connectivity index (χ2v) is 6.50. The summed E-state index contributed by atoms with van der Waals surface area (Å²) < 4.78 is 72.8. The molecule has 2 aromatic rings. The van der Waals surface area contributed by atoms with E-state index in [9.17, 15) is 22.0 Å². The molecule has 4 nitrogen and oxygen atoms in total. The summed E-state index contributed by atoms with van der Waals surface area (Å²) in [4.78, 5) is 7.78. The van der Waals surface area contributed by atoms with Gasteiger partial charge in [0.05, 0.1) is 0 Å². The zero-order valence-electron chi connectivity index (χ0n) is 15.2. The summed E-state index contributed by atoms with van der Waals surface area (Å²) in [6.45, 7) is 0.266. The van der Waals surface area contributed by atoms with Crippen molar-refractivity contribution in [2.75, 3.05) is 6.67 Å². The van der Waals surface area contributed by atoms with Crippen molar-refractivity contribution in [2.45, 2.75) is 31.2 Å². The minimum absolute atomic E-state index is 0.343. The second-order valence-electron chi connectivity index (χ2n) is 6.50. The summed E-state index contributed by atoms with van der Waals surface area (Å²) in [6, 6.07) is 4.55. The Morgan fingerprint density at radius 1 is 1.24 bits per heavy atom. The van der Waals surface area contributed by atoms with Gasteiger partial charge in [0.25, 0.3) is 6.02 Å². The number of halogens is 5. The molecule has 2 heterocycles. The van der Waals surface area contributed by atoms with Gasteiger partial charge in [-0.15, -0.1) is 5.92 Å². The fraction of sp³-hybridized carbons (Fsp3) is 0.300. The third-order valence-corrected chi connectivity index (χ3v) is 4.51. The molecule has 1 aliphatic rings. The topological polar surface area (TPSA) is 60.5 Å². The monoisotopic (exact) mass is 409 g/mol. The van der Waals surface area contributed by atoms with Crippen LogP contribution in [0.25, 0.3) is 11.1 Å². The van der Waals surface area contributed by atoms with E-state index in [0.717, 1.165) is 6.07 Å². The summed E-state index contributed by atoms with van der Waals surface area (Å²) in [5, 5.41) is 0. The molecule has 0 fully saturated rings. The minimum atomic E-state index is -4.81. The van der Waals surface area contributed by atoms with E-state index in [1.165, 1.54) is 24.5 Å². The van der Waals surface area contributed by atoms with E-state index in [1.807, 2.05) is 0 Å². The molecule has 1 aliphatic heterocycles. The van der Waals surface area contributed by atoms with Crippen molar-refractivity contribution in [2.24, 2.45) is 10.7 Å². The van der Waals surface area contributed by atoms with Crippen LogP contribution in [0, 0.1) is 17.7 Å². The number of ether oxygens (including phenoxy) is 1. The Morgan fingerprint density at radius 3 is 2.66 bits per heavy atom. The smallest absolute Gasteiger partial charge is 0.425 e. The van der Waals surface area contributed by atoms with E-state index in [0.29, 0.717) is 16.7 Å². The van der Waals surface area contributed by atoms with Crippen molar-refractivity contribution in [1.82, 2.24) is 4.98 Å². The van der Waals surface area contributed by atoms with E-state index in [4.69, 9.17) is 5.73 Å². The van der Waals surface area contributed by atoms with Crippen molar-refractivity contribution in [3.05, 3.63) is 53.6 Å². The zero-order valence-corrected chi connectivity index (χ0v) is 15.2. The molecule has 2 atom stereocenters. The summed E-state index contributed by atoms with van der Waals surface area (Å²) in [6.07, 6.45) is -5.13. The van der Waals surface area contributed by atoms with Crippen LogP contribution in [0.15, 0.2) is 41.7 Å². The number of alkyl halides is 4. The van der Waals surface area contributed by atoms with Gasteiger partial charge in [-0.25, -0.2) is 13.8 Å². The number of rotatable bonds is 3. The molecule has 29 heavy (non-hydrogen) atoms. The molecule has 9 heteroatoms. The molecule has 0 saturated carbocycles. The van der Waals surface area contributed by atoms with E-state index in [-0.39, 0.29) is 5.56 Å². The highest BCUT2D eigenvalue weighted by Crippen LogP contribution is 2.42. The molecule has 2 N–H and O–H groups in total. The average Bonchev–Trinajstić information content (AvgIpc) is 2.67. The lowest BCUT2D eigenvalue weighted by molar-refractivity contribution is -0.209. The minimum Gasteiger partial charge on any atom is -0.452 e. The maximum atomic E-state index is 14.6. The molecule has 1 aromatic carbocycles. The van der Waals surface area contributed by atoms with Crippen LogP contribution in [0.1, 0.15) is 24.5 Å². The Kier molecular flexibility index (Phi) is 5.46. The van der Waals surface area contributed by atoms with E-state index in [1.54, 1.807) is 13.0 Å². The molecule has 0 radical (unpaired) electrons. The Morgan fingerprint density at radius 2 is 2.00 bits per heavy atom. The van der Waals surface area contributed by atoms with Gasteiger partial charge in [-0.2, -0.15) is 13.2 Å². The third-order valence-electron chi connectivity index (χ3n) is 4.51. The van der Waals surface area contributed by atoms with Gasteiger partial charge in [0, 0.05) is 35.5 Å². The molecule has 0 saturated heterocycles. The first-order chi connectivity index (χ1) is 13.7. The van der Waals surface area contributed by atoms with Crippen molar-refractivity contribution >= 4 is 6.02 Å². The summed E-state index contributed by atoms with van der Waals surface area (Å²) in [5.41, 5.74) is 4.44. The molecule has 152 valence electrons. The number of aromatic nitrogens is 1. The number of amidine groups is 1. The van der Waals surface area contributed by atoms with Crippen molar-refractivity contribution < 1.29 is 26.7 Å². The van der Waals surface area contributed by atoms with Crippen LogP contribution in [0.3, 0.4) is 0 Å². The number of nitrogens with zero attached hydrogens (tertiary/aromatic N) is 2. The highest BCUT2D eigenvalue weighted by atomic mass is 19.4. The number of benzene rings is 1. The lowest BCUT2D eigenvalue weighted by atomic mass is 9.83. The summed E-state index contributed by atoms with van der Waals surface area (Å²) >= 11 is 0. The van der Waals surface area contributed by atoms with Gasteiger partial charge in [0.15, 0.2) is 6.10 Å². The Labute approximate surface area is 163 Å². The fourth-order valence-corrected chi connectivity index (χ4v) is 3.16. The molecule has 0 amide bonds. The van der Waals surface area contributed by atoms with Gasteiger partial charge >= 0.3 is 6.18 Å². The van der Waals surface area contributed by atoms with E-state index < -0.39 is 42.8 Å². The van der Waals surface area contributed by atoms with E-state index in [2.05, 4.69) is 26.6 Å². The maximum Gasteiger partial charge on any atom is 0.425 e. The van der Waals surface area contributed by atoms with Crippen LogP contribution in [-0.2, 0) is 10.3 Å². The van der Waals surface area contributed by atoms with Gasteiger partial charge in [0.1, 0.15) is 18.0 Å². The van der Waals surface area contributed by atoms with Crippen LogP contribution in [0.4, 0.5) is 22.0 Å². The maximum absolute atomic E-state index is 14.6. The first-order valence-electron chi connectivity index (χ1n) is 8.51. The summed E-state index contributed by atoms with van der Waals surface area (Å²) in [7, 11) is 0. The van der Waals surface area contributed by atoms with Crippen LogP contribution < -0.4 is 5.73 Å². The first kappa shape index (κ1) is 20.6. The highest BCUT2D eigenvalue weighted by molar-refractivity contribution is 5.74. The molecule has 0 bridgehead atoms. The van der Waals surface area contributed by atoms with Crippen LogP contribution in [0.5, 0.6) is 0 Å². The number of hydrogen-bond acceptors (Lipinski definition) is 4. The molecular weight excluding hydrogens is 393 g/mol. The van der Waals surface area contributed by atoms with Gasteiger partial charge < -0.3 is 10.5 Å². The first-order valence-corrected chi connectivity index (χ1v) is 8.51. The van der Waals surface area contributed by atoms with Crippen LogP contribution in [-0.4, -0.2) is 30.0 Å². The van der Waals surface area contributed by atoms with Gasteiger partial charge in [-0.05, 0) is 30.7 Å². The lowest BCUT2D eigenvalue weighted by Gasteiger charge is -2.36. The summed E-state index contributed by atoms with van der Waals surface area (Å²) in [5.74, 6) is 4.65. The standard InChI is InChI=1S/C20H16F5N3O/c1-2-3-12-6-14(10-27-9-12)13-4-5-16(22)15(7-13)19(11-21)8-17(20(23,24)25)29-18(26)28-19/h4-7,9-10,17H,8,11H2,1H3,(H2,26,28). The molecule has 3 rings (SSSR count).